The minimum absolute atomic E-state index is 0.146. The summed E-state index contributed by atoms with van der Waals surface area (Å²) in [5.74, 6) is -0.207. The molecule has 3 rings (SSSR count). The summed E-state index contributed by atoms with van der Waals surface area (Å²) in [5, 5.41) is 10.2. The molecule has 0 aliphatic carbocycles. The Balaban J connectivity index is 1.65. The zero-order chi connectivity index (χ0) is 21.0. The SMILES string of the molecule is CNC(=O)c1nn(C)cc1NC(=O)c1ccc(COc2ccc(Cl)cc2Cl)cc1. The van der Waals surface area contributed by atoms with Gasteiger partial charge in [0.25, 0.3) is 11.8 Å². The quantitative estimate of drug-likeness (QED) is 0.617. The second-order valence-electron chi connectivity index (χ2n) is 6.16. The Morgan fingerprint density at radius 3 is 2.48 bits per heavy atom. The lowest BCUT2D eigenvalue weighted by Crippen LogP contribution is -2.21. The predicted molar refractivity (Wildman–Crippen MR) is 112 cm³/mol. The molecule has 7 nitrogen and oxygen atoms in total. The van der Waals surface area contributed by atoms with E-state index in [4.69, 9.17) is 27.9 Å². The maximum Gasteiger partial charge on any atom is 0.273 e. The molecule has 150 valence electrons. The van der Waals surface area contributed by atoms with E-state index in [9.17, 15) is 9.59 Å². The van der Waals surface area contributed by atoms with Crippen molar-refractivity contribution in [3.8, 4) is 5.75 Å². The van der Waals surface area contributed by atoms with E-state index in [2.05, 4.69) is 15.7 Å². The Morgan fingerprint density at radius 2 is 1.83 bits per heavy atom. The Labute approximate surface area is 177 Å². The van der Waals surface area contributed by atoms with Crippen LogP contribution < -0.4 is 15.4 Å². The van der Waals surface area contributed by atoms with Gasteiger partial charge in [-0.15, -0.1) is 0 Å². The van der Waals surface area contributed by atoms with Crippen LogP contribution in [-0.2, 0) is 13.7 Å². The van der Waals surface area contributed by atoms with Crippen LogP contribution in [0.15, 0.2) is 48.7 Å². The van der Waals surface area contributed by atoms with Crippen molar-refractivity contribution < 1.29 is 14.3 Å². The van der Waals surface area contributed by atoms with Gasteiger partial charge in [-0.3, -0.25) is 14.3 Å². The van der Waals surface area contributed by atoms with Crippen molar-refractivity contribution in [3.05, 3.63) is 75.5 Å². The van der Waals surface area contributed by atoms with Crippen LogP contribution >= 0.6 is 23.2 Å². The van der Waals surface area contributed by atoms with E-state index < -0.39 is 0 Å². The molecule has 3 aromatic rings. The molecule has 0 atom stereocenters. The van der Waals surface area contributed by atoms with E-state index in [0.29, 0.717) is 27.0 Å². The van der Waals surface area contributed by atoms with Crippen molar-refractivity contribution in [2.24, 2.45) is 7.05 Å². The maximum atomic E-state index is 12.5. The highest BCUT2D eigenvalue weighted by atomic mass is 35.5. The number of ether oxygens (including phenoxy) is 1. The summed E-state index contributed by atoms with van der Waals surface area (Å²) in [4.78, 5) is 24.4. The first kappa shape index (κ1) is 20.7. The summed E-state index contributed by atoms with van der Waals surface area (Å²) in [5.41, 5.74) is 1.78. The lowest BCUT2D eigenvalue weighted by molar-refractivity contribution is 0.0958. The summed E-state index contributed by atoms with van der Waals surface area (Å²) in [6.07, 6.45) is 1.57. The van der Waals surface area contributed by atoms with Gasteiger partial charge in [0, 0.05) is 30.9 Å². The minimum atomic E-state index is -0.380. The summed E-state index contributed by atoms with van der Waals surface area (Å²) < 4.78 is 7.15. The number of benzene rings is 2. The van der Waals surface area contributed by atoms with Crippen molar-refractivity contribution >= 4 is 40.7 Å². The molecule has 0 fully saturated rings. The van der Waals surface area contributed by atoms with E-state index >= 15 is 0 Å². The summed E-state index contributed by atoms with van der Waals surface area (Å²) in [6.45, 7) is 0.284. The van der Waals surface area contributed by atoms with Crippen LogP contribution in [0, 0.1) is 0 Å². The van der Waals surface area contributed by atoms with Gasteiger partial charge in [0.2, 0.25) is 0 Å². The largest absolute Gasteiger partial charge is 0.487 e. The third kappa shape index (κ3) is 5.07. The van der Waals surface area contributed by atoms with Gasteiger partial charge in [0.05, 0.1) is 10.7 Å². The molecular formula is C20H18Cl2N4O3. The lowest BCUT2D eigenvalue weighted by Gasteiger charge is -2.09. The average Bonchev–Trinajstić information content (AvgIpc) is 3.07. The molecule has 1 aromatic heterocycles. The van der Waals surface area contributed by atoms with Gasteiger partial charge >= 0.3 is 0 Å². The Kier molecular flexibility index (Phi) is 6.41. The van der Waals surface area contributed by atoms with Crippen molar-refractivity contribution in [3.63, 3.8) is 0 Å². The molecule has 2 aromatic carbocycles. The molecule has 0 radical (unpaired) electrons. The smallest absolute Gasteiger partial charge is 0.273 e. The van der Waals surface area contributed by atoms with E-state index in [-0.39, 0.29) is 24.1 Å². The first-order valence-electron chi connectivity index (χ1n) is 8.61. The van der Waals surface area contributed by atoms with Gasteiger partial charge in [-0.05, 0) is 35.9 Å². The molecule has 0 aliphatic heterocycles. The number of halogens is 2. The minimum Gasteiger partial charge on any atom is -0.487 e. The molecule has 2 N–H and O–H groups in total. The number of aromatic nitrogens is 2. The van der Waals surface area contributed by atoms with Gasteiger partial charge in [0.15, 0.2) is 5.69 Å². The van der Waals surface area contributed by atoms with Gasteiger partial charge in [-0.1, -0.05) is 35.3 Å². The standard InChI is InChI=1S/C20H18Cl2N4O3/c1-23-20(28)18-16(10-26(2)25-18)24-19(27)13-5-3-12(4-6-13)11-29-17-8-7-14(21)9-15(17)22/h3-10H,11H2,1-2H3,(H,23,28)(H,24,27). The predicted octanol–water partition coefficient (Wildman–Crippen LogP) is 3.92. The molecule has 9 heteroatoms. The molecule has 0 aliphatic rings. The number of aryl methyl sites for hydroxylation is 1. The van der Waals surface area contributed by atoms with Gasteiger partial charge in [0.1, 0.15) is 12.4 Å². The van der Waals surface area contributed by atoms with Gasteiger partial charge < -0.3 is 15.4 Å². The number of carbonyl (C=O) groups is 2. The first-order valence-corrected chi connectivity index (χ1v) is 9.37. The van der Waals surface area contributed by atoms with Crippen molar-refractivity contribution in [1.82, 2.24) is 15.1 Å². The molecule has 2 amide bonds. The highest BCUT2D eigenvalue weighted by Gasteiger charge is 2.17. The van der Waals surface area contributed by atoms with Crippen molar-refractivity contribution in [2.45, 2.75) is 6.61 Å². The van der Waals surface area contributed by atoms with E-state index in [1.165, 1.54) is 11.7 Å². The summed E-state index contributed by atoms with van der Waals surface area (Å²) >= 11 is 12.0. The third-order valence-corrected chi connectivity index (χ3v) is 4.55. The fourth-order valence-electron chi connectivity index (χ4n) is 2.57. The molecule has 1 heterocycles. The molecular weight excluding hydrogens is 415 g/mol. The molecule has 0 saturated heterocycles. The van der Waals surface area contributed by atoms with Gasteiger partial charge in [-0.2, -0.15) is 5.10 Å². The summed E-state index contributed by atoms with van der Waals surface area (Å²) in [6, 6.07) is 11.9. The Morgan fingerprint density at radius 1 is 1.10 bits per heavy atom. The number of nitrogens with one attached hydrogen (secondary N) is 2. The second-order valence-corrected chi connectivity index (χ2v) is 7.00. The number of hydrogen-bond acceptors (Lipinski definition) is 4. The topological polar surface area (TPSA) is 85.3 Å². The Hall–Kier alpha value is -3.03. The van der Waals surface area contributed by atoms with Crippen LogP contribution in [-0.4, -0.2) is 28.6 Å². The zero-order valence-corrected chi connectivity index (χ0v) is 17.2. The van der Waals surface area contributed by atoms with Crippen LogP contribution in [0.4, 0.5) is 5.69 Å². The summed E-state index contributed by atoms with van der Waals surface area (Å²) in [7, 11) is 3.17. The molecule has 0 spiro atoms. The third-order valence-electron chi connectivity index (χ3n) is 4.02. The van der Waals surface area contributed by atoms with Crippen LogP contribution in [0.3, 0.4) is 0 Å². The van der Waals surface area contributed by atoms with E-state index in [1.54, 1.807) is 55.7 Å². The fraction of sp³-hybridized carbons (Fsp3) is 0.150. The molecule has 0 saturated carbocycles. The van der Waals surface area contributed by atoms with Gasteiger partial charge in [-0.25, -0.2) is 0 Å². The number of carbonyl (C=O) groups excluding carboxylic acids is 2. The highest BCUT2D eigenvalue weighted by molar-refractivity contribution is 6.35. The molecule has 0 bridgehead atoms. The number of nitrogens with zero attached hydrogens (tertiary/aromatic N) is 2. The van der Waals surface area contributed by atoms with E-state index in [0.717, 1.165) is 5.56 Å². The van der Waals surface area contributed by atoms with Crippen molar-refractivity contribution in [1.29, 1.82) is 0 Å². The zero-order valence-electron chi connectivity index (χ0n) is 15.7. The van der Waals surface area contributed by atoms with Crippen LogP contribution in [0.2, 0.25) is 10.0 Å². The number of hydrogen-bond donors (Lipinski definition) is 2. The maximum absolute atomic E-state index is 12.5. The van der Waals surface area contributed by atoms with Crippen LogP contribution in [0.25, 0.3) is 0 Å². The highest BCUT2D eigenvalue weighted by Crippen LogP contribution is 2.28. The normalized spacial score (nSPS) is 10.5. The Bertz CT molecular complexity index is 1050. The molecule has 29 heavy (non-hydrogen) atoms. The number of anilines is 1. The first-order chi connectivity index (χ1) is 13.9. The van der Waals surface area contributed by atoms with Crippen LogP contribution in [0.5, 0.6) is 5.75 Å². The fourth-order valence-corrected chi connectivity index (χ4v) is 3.03. The van der Waals surface area contributed by atoms with Crippen LogP contribution in [0.1, 0.15) is 26.4 Å². The lowest BCUT2D eigenvalue weighted by atomic mass is 10.1. The van der Waals surface area contributed by atoms with E-state index in [1.807, 2.05) is 0 Å². The van der Waals surface area contributed by atoms with Crippen molar-refractivity contribution in [2.75, 3.05) is 12.4 Å². The number of rotatable bonds is 6. The molecule has 0 unspecified atom stereocenters. The second kappa shape index (κ2) is 8.98. The number of amides is 2. The monoisotopic (exact) mass is 432 g/mol. The average molecular weight is 433 g/mol.